The van der Waals surface area contributed by atoms with Gasteiger partial charge in [0.15, 0.2) is 0 Å². The highest BCUT2D eigenvalue weighted by Gasteiger charge is 2.15. The fraction of sp³-hybridized carbons (Fsp3) is 0.263. The smallest absolute Gasteiger partial charge is 0.332 e. The van der Waals surface area contributed by atoms with Gasteiger partial charge in [-0.2, -0.15) is 0 Å². The molecule has 9 nitrogen and oxygen atoms in total. The summed E-state index contributed by atoms with van der Waals surface area (Å²) in [6, 6.07) is 6.73. The summed E-state index contributed by atoms with van der Waals surface area (Å²) in [5.41, 5.74) is -0.116. The van der Waals surface area contributed by atoms with Crippen molar-refractivity contribution >= 4 is 34.4 Å². The second kappa shape index (κ2) is 8.39. The van der Waals surface area contributed by atoms with Gasteiger partial charge in [-0.15, -0.1) is 11.8 Å². The Hall–Kier alpha value is -3.27. The average Bonchev–Trinajstić information content (AvgIpc) is 2.74. The second-order valence-corrected chi connectivity index (χ2v) is 7.13. The molecule has 1 amide bonds. The Morgan fingerprint density at radius 1 is 1.14 bits per heavy atom. The van der Waals surface area contributed by atoms with Crippen LogP contribution < -0.4 is 26.0 Å². The largest absolute Gasteiger partial charge is 0.497 e. The molecule has 10 heteroatoms. The summed E-state index contributed by atoms with van der Waals surface area (Å²) < 4.78 is 12.8. The number of carbonyl (C=O) groups is 1. The van der Waals surface area contributed by atoms with Gasteiger partial charge in [-0.3, -0.25) is 18.7 Å². The lowest BCUT2D eigenvalue weighted by Gasteiger charge is -2.12. The zero-order valence-corrected chi connectivity index (χ0v) is 17.2. The fourth-order valence-electron chi connectivity index (χ4n) is 2.81. The van der Waals surface area contributed by atoms with Gasteiger partial charge in [-0.05, 0) is 18.2 Å². The van der Waals surface area contributed by atoms with Gasteiger partial charge >= 0.3 is 5.69 Å². The lowest BCUT2D eigenvalue weighted by atomic mass is 10.2. The van der Waals surface area contributed by atoms with Crippen molar-refractivity contribution in [2.24, 2.45) is 14.1 Å². The number of carbonyl (C=O) groups excluding carboxylic acids is 1. The van der Waals surface area contributed by atoms with Crippen LogP contribution in [0, 0.1) is 0 Å². The van der Waals surface area contributed by atoms with Crippen molar-refractivity contribution in [3.05, 3.63) is 51.3 Å². The van der Waals surface area contributed by atoms with E-state index < -0.39 is 11.2 Å². The molecule has 0 aliphatic rings. The number of aromatic nitrogens is 3. The Bertz CT molecular complexity index is 1200. The molecule has 0 aliphatic carbocycles. The number of amides is 1. The van der Waals surface area contributed by atoms with E-state index in [1.54, 1.807) is 38.4 Å². The molecule has 0 saturated heterocycles. The average molecular weight is 416 g/mol. The highest BCUT2D eigenvalue weighted by atomic mass is 32.2. The summed E-state index contributed by atoms with van der Waals surface area (Å²) in [5.74, 6) is 0.866. The summed E-state index contributed by atoms with van der Waals surface area (Å²) in [7, 11) is 6.01. The lowest BCUT2D eigenvalue weighted by molar-refractivity contribution is -0.113. The van der Waals surface area contributed by atoms with E-state index in [4.69, 9.17) is 9.47 Å². The van der Waals surface area contributed by atoms with Crippen molar-refractivity contribution < 1.29 is 14.3 Å². The molecule has 1 N–H and O–H groups in total. The maximum Gasteiger partial charge on any atom is 0.332 e. The molecule has 3 aromatic rings. The summed E-state index contributed by atoms with van der Waals surface area (Å²) in [5, 5.41) is 3.09. The topological polar surface area (TPSA) is 104 Å². The minimum absolute atomic E-state index is 0.0558. The Balaban J connectivity index is 1.84. The van der Waals surface area contributed by atoms with Crippen LogP contribution in [0.25, 0.3) is 11.0 Å². The number of hydrogen-bond donors (Lipinski definition) is 1. The van der Waals surface area contributed by atoms with Gasteiger partial charge in [-0.1, -0.05) is 0 Å². The van der Waals surface area contributed by atoms with Gasteiger partial charge in [-0.25, -0.2) is 9.78 Å². The number of anilines is 1. The second-order valence-electron chi connectivity index (χ2n) is 6.12. The quantitative estimate of drug-likeness (QED) is 0.605. The zero-order valence-electron chi connectivity index (χ0n) is 16.4. The van der Waals surface area contributed by atoms with Crippen molar-refractivity contribution in [2.75, 3.05) is 25.3 Å². The summed E-state index contributed by atoms with van der Waals surface area (Å²) in [6.07, 6.45) is 1.51. The molecular formula is C19H20N4O5S. The molecule has 0 spiro atoms. The standard InChI is InChI=1S/C19H20N4O5S/c1-22-17-16(18(25)23(2)19(22)26)14(7-8-20-17)29-10-15(24)21-12-6-5-11(27-3)9-13(12)28-4/h5-9H,10H2,1-4H3,(H,21,24). The van der Waals surface area contributed by atoms with Crippen LogP contribution in [0.1, 0.15) is 0 Å². The van der Waals surface area contributed by atoms with E-state index >= 15 is 0 Å². The van der Waals surface area contributed by atoms with Crippen LogP contribution in [0.15, 0.2) is 44.9 Å². The fourth-order valence-corrected chi connectivity index (χ4v) is 3.65. The van der Waals surface area contributed by atoms with Crippen LogP contribution in [0.4, 0.5) is 5.69 Å². The maximum absolute atomic E-state index is 12.6. The molecule has 0 fully saturated rings. The maximum atomic E-state index is 12.6. The van der Waals surface area contributed by atoms with Gasteiger partial charge in [0, 0.05) is 31.3 Å². The molecule has 0 saturated carbocycles. The van der Waals surface area contributed by atoms with E-state index in [-0.39, 0.29) is 17.3 Å². The number of nitrogens with one attached hydrogen (secondary N) is 1. The highest BCUT2D eigenvalue weighted by molar-refractivity contribution is 8.00. The first kappa shape index (κ1) is 20.5. The Morgan fingerprint density at radius 3 is 2.59 bits per heavy atom. The van der Waals surface area contributed by atoms with E-state index in [1.165, 1.54) is 36.7 Å². The van der Waals surface area contributed by atoms with Crippen molar-refractivity contribution in [1.29, 1.82) is 0 Å². The number of hydrogen-bond acceptors (Lipinski definition) is 7. The Kier molecular flexibility index (Phi) is 5.92. The molecule has 0 aliphatic heterocycles. The van der Waals surface area contributed by atoms with Gasteiger partial charge < -0.3 is 14.8 Å². The minimum atomic E-state index is -0.457. The van der Waals surface area contributed by atoms with E-state index in [2.05, 4.69) is 10.3 Å². The number of aryl methyl sites for hydroxylation is 1. The predicted octanol–water partition coefficient (Wildman–Crippen LogP) is 1.38. The minimum Gasteiger partial charge on any atom is -0.497 e. The molecule has 29 heavy (non-hydrogen) atoms. The third kappa shape index (κ3) is 3.97. The Morgan fingerprint density at radius 2 is 1.90 bits per heavy atom. The summed E-state index contributed by atoms with van der Waals surface area (Å²) >= 11 is 1.19. The number of fused-ring (bicyclic) bond motifs is 1. The molecule has 0 unspecified atom stereocenters. The molecule has 0 bridgehead atoms. The van der Waals surface area contributed by atoms with Gasteiger partial charge in [0.2, 0.25) is 5.91 Å². The van der Waals surface area contributed by atoms with Crippen LogP contribution >= 0.6 is 11.8 Å². The van der Waals surface area contributed by atoms with Gasteiger partial charge in [0.05, 0.1) is 31.0 Å². The number of benzene rings is 1. The van der Waals surface area contributed by atoms with Crippen LogP contribution in [0.5, 0.6) is 11.5 Å². The van der Waals surface area contributed by atoms with Crippen LogP contribution in [0.3, 0.4) is 0 Å². The van der Waals surface area contributed by atoms with Crippen molar-refractivity contribution in [1.82, 2.24) is 14.1 Å². The summed E-state index contributed by atoms with van der Waals surface area (Å²) in [4.78, 5) is 41.8. The highest BCUT2D eigenvalue weighted by Crippen LogP contribution is 2.29. The molecule has 1 aromatic carbocycles. The van der Waals surface area contributed by atoms with Gasteiger partial charge in [0.25, 0.3) is 5.56 Å². The van der Waals surface area contributed by atoms with Crippen molar-refractivity contribution in [3.8, 4) is 11.5 Å². The van der Waals surface area contributed by atoms with Crippen molar-refractivity contribution in [3.63, 3.8) is 0 Å². The first-order chi connectivity index (χ1) is 13.9. The van der Waals surface area contributed by atoms with E-state index in [9.17, 15) is 14.4 Å². The first-order valence-electron chi connectivity index (χ1n) is 8.56. The molecule has 3 rings (SSSR count). The third-order valence-corrected chi connectivity index (χ3v) is 5.40. The van der Waals surface area contributed by atoms with E-state index in [1.807, 2.05) is 0 Å². The normalized spacial score (nSPS) is 10.8. The van der Waals surface area contributed by atoms with Gasteiger partial charge in [0.1, 0.15) is 17.1 Å². The number of ether oxygens (including phenoxy) is 2. The molecule has 0 atom stereocenters. The van der Waals surface area contributed by atoms with E-state index in [0.29, 0.717) is 27.5 Å². The van der Waals surface area contributed by atoms with Crippen LogP contribution in [0.2, 0.25) is 0 Å². The number of pyridine rings is 1. The summed E-state index contributed by atoms with van der Waals surface area (Å²) in [6.45, 7) is 0. The SMILES string of the molecule is COc1ccc(NC(=O)CSc2ccnc3c2c(=O)n(C)c(=O)n3C)c(OC)c1. The molecular weight excluding hydrogens is 396 g/mol. The molecule has 0 radical (unpaired) electrons. The predicted molar refractivity (Wildman–Crippen MR) is 111 cm³/mol. The monoisotopic (exact) mass is 416 g/mol. The van der Waals surface area contributed by atoms with Crippen LogP contribution in [-0.4, -0.2) is 40.0 Å². The van der Waals surface area contributed by atoms with E-state index in [0.717, 1.165) is 4.57 Å². The van der Waals surface area contributed by atoms with Crippen LogP contribution in [-0.2, 0) is 18.9 Å². The number of thioether (sulfide) groups is 1. The van der Waals surface area contributed by atoms with Crippen molar-refractivity contribution in [2.45, 2.75) is 4.90 Å². The molecule has 152 valence electrons. The Labute approximate surface area is 170 Å². The molecule has 2 aromatic heterocycles. The lowest BCUT2D eigenvalue weighted by Crippen LogP contribution is -2.37. The number of nitrogens with zero attached hydrogens (tertiary/aromatic N) is 3. The zero-order chi connectivity index (χ0) is 21.1. The number of rotatable bonds is 6. The third-order valence-electron chi connectivity index (χ3n) is 4.34. The molecule has 2 heterocycles. The number of methoxy groups -OCH3 is 2. The first-order valence-corrected chi connectivity index (χ1v) is 9.55.